The Bertz CT molecular complexity index is 811. The molecular weight excluding hydrogens is 306 g/mol. The van der Waals surface area contributed by atoms with Crippen molar-refractivity contribution in [2.45, 2.75) is 25.4 Å². The second kappa shape index (κ2) is 6.18. The van der Waals surface area contributed by atoms with Gasteiger partial charge in [0.1, 0.15) is 11.9 Å². The van der Waals surface area contributed by atoms with Crippen molar-refractivity contribution in [3.05, 3.63) is 51.9 Å². The van der Waals surface area contributed by atoms with Gasteiger partial charge in [-0.25, -0.2) is 10.4 Å². The van der Waals surface area contributed by atoms with Gasteiger partial charge >= 0.3 is 0 Å². The summed E-state index contributed by atoms with van der Waals surface area (Å²) in [4.78, 5) is 34.2. The molecule has 0 spiro atoms. The van der Waals surface area contributed by atoms with E-state index in [1.54, 1.807) is 4.90 Å². The average Bonchev–Trinajstić information content (AvgIpc) is 3.16. The number of hydrogen-bond donors (Lipinski definition) is 3. The molecular formula is C17H19N5O2. The van der Waals surface area contributed by atoms with Gasteiger partial charge in [0, 0.05) is 24.2 Å². The van der Waals surface area contributed by atoms with Crippen LogP contribution in [0.3, 0.4) is 0 Å². The minimum absolute atomic E-state index is 0.0639. The molecule has 24 heavy (non-hydrogen) atoms. The largest absolute Gasteiger partial charge is 0.335 e. The molecule has 124 valence electrons. The fourth-order valence-corrected chi connectivity index (χ4v) is 3.25. The van der Waals surface area contributed by atoms with Crippen LogP contribution < -0.4 is 16.4 Å². The third-order valence-electron chi connectivity index (χ3n) is 4.56. The Labute approximate surface area is 139 Å². The first kappa shape index (κ1) is 15.0. The molecule has 3 heterocycles. The number of nitrogens with one attached hydrogen (secondary N) is 3. The van der Waals surface area contributed by atoms with Gasteiger partial charge in [0.2, 0.25) is 5.91 Å². The van der Waals surface area contributed by atoms with Gasteiger partial charge in [-0.1, -0.05) is 30.3 Å². The van der Waals surface area contributed by atoms with Gasteiger partial charge in [0.15, 0.2) is 0 Å². The second-order valence-corrected chi connectivity index (χ2v) is 6.13. The maximum atomic E-state index is 12.6. The van der Waals surface area contributed by atoms with E-state index in [0.717, 1.165) is 18.5 Å². The number of rotatable bonds is 2. The first-order chi connectivity index (χ1) is 11.7. The molecule has 3 N–H and O–H groups in total. The van der Waals surface area contributed by atoms with E-state index in [0.29, 0.717) is 36.6 Å². The van der Waals surface area contributed by atoms with Gasteiger partial charge in [-0.2, -0.15) is 0 Å². The Morgan fingerprint density at radius 2 is 2.08 bits per heavy atom. The van der Waals surface area contributed by atoms with Crippen molar-refractivity contribution in [1.82, 2.24) is 25.7 Å². The Morgan fingerprint density at radius 3 is 2.83 bits per heavy atom. The smallest absolute Gasteiger partial charge is 0.254 e. The lowest BCUT2D eigenvalue weighted by Gasteiger charge is -2.29. The predicted molar refractivity (Wildman–Crippen MR) is 89.0 cm³/mol. The Morgan fingerprint density at radius 1 is 1.25 bits per heavy atom. The van der Waals surface area contributed by atoms with Crippen molar-refractivity contribution in [3.63, 3.8) is 0 Å². The molecule has 7 heteroatoms. The van der Waals surface area contributed by atoms with E-state index in [2.05, 4.69) is 20.8 Å². The highest BCUT2D eigenvalue weighted by Crippen LogP contribution is 2.19. The fraction of sp³-hybridized carbons (Fsp3) is 0.353. The SMILES string of the molecule is O=C(C1CCNN1)N1CCc2c(nc(-c3ccccc3)[nH]c2=O)C1. The van der Waals surface area contributed by atoms with Crippen LogP contribution in [0, 0.1) is 0 Å². The van der Waals surface area contributed by atoms with Crippen LogP contribution in [0.2, 0.25) is 0 Å². The lowest BCUT2D eigenvalue weighted by atomic mass is 10.0. The highest BCUT2D eigenvalue weighted by atomic mass is 16.2. The Balaban J connectivity index is 1.63. The van der Waals surface area contributed by atoms with Crippen molar-refractivity contribution >= 4 is 5.91 Å². The van der Waals surface area contributed by atoms with Crippen LogP contribution >= 0.6 is 0 Å². The van der Waals surface area contributed by atoms with Crippen LogP contribution in [0.4, 0.5) is 0 Å². The number of carbonyl (C=O) groups is 1. The van der Waals surface area contributed by atoms with Gasteiger partial charge in [0.05, 0.1) is 12.2 Å². The summed E-state index contributed by atoms with van der Waals surface area (Å²) in [5.41, 5.74) is 8.13. The van der Waals surface area contributed by atoms with Crippen molar-refractivity contribution in [2.75, 3.05) is 13.1 Å². The maximum Gasteiger partial charge on any atom is 0.254 e. The minimum Gasteiger partial charge on any atom is -0.335 e. The molecule has 7 nitrogen and oxygen atoms in total. The van der Waals surface area contributed by atoms with Crippen LogP contribution in [-0.2, 0) is 17.8 Å². The number of hydrogen-bond acceptors (Lipinski definition) is 5. The zero-order chi connectivity index (χ0) is 16.5. The highest BCUT2D eigenvalue weighted by Gasteiger charge is 2.30. The Kier molecular flexibility index (Phi) is 3.87. The van der Waals surface area contributed by atoms with Crippen LogP contribution in [0.1, 0.15) is 17.7 Å². The van der Waals surface area contributed by atoms with Gasteiger partial charge in [-0.3, -0.25) is 15.0 Å². The molecule has 2 aliphatic heterocycles. The summed E-state index contributed by atoms with van der Waals surface area (Å²) in [6.45, 7) is 1.73. The number of carbonyl (C=O) groups excluding carboxylic acids is 1. The van der Waals surface area contributed by atoms with E-state index < -0.39 is 0 Å². The predicted octanol–water partition coefficient (Wildman–Crippen LogP) is 0.188. The Hall–Kier alpha value is -2.51. The number of hydrazine groups is 1. The molecule has 1 unspecified atom stereocenters. The number of aromatic nitrogens is 2. The monoisotopic (exact) mass is 325 g/mol. The van der Waals surface area contributed by atoms with Crippen LogP contribution in [0.15, 0.2) is 35.1 Å². The molecule has 4 rings (SSSR count). The molecule has 1 atom stereocenters. The normalized spacial score (nSPS) is 20.0. The summed E-state index contributed by atoms with van der Waals surface area (Å²) in [7, 11) is 0. The van der Waals surface area contributed by atoms with Crippen LogP contribution in [0.5, 0.6) is 0 Å². The van der Waals surface area contributed by atoms with Gasteiger partial charge < -0.3 is 9.88 Å². The molecule has 1 aromatic carbocycles. The van der Waals surface area contributed by atoms with E-state index in [1.165, 1.54) is 0 Å². The molecule has 2 aliphatic rings. The van der Waals surface area contributed by atoms with Crippen LogP contribution in [0.25, 0.3) is 11.4 Å². The molecule has 1 fully saturated rings. The van der Waals surface area contributed by atoms with Crippen molar-refractivity contribution in [3.8, 4) is 11.4 Å². The second-order valence-electron chi connectivity index (χ2n) is 6.13. The van der Waals surface area contributed by atoms with Gasteiger partial charge in [-0.05, 0) is 12.8 Å². The zero-order valence-electron chi connectivity index (χ0n) is 13.2. The van der Waals surface area contributed by atoms with Gasteiger partial charge in [0.25, 0.3) is 5.56 Å². The lowest BCUT2D eigenvalue weighted by molar-refractivity contribution is -0.134. The number of benzene rings is 1. The van der Waals surface area contributed by atoms with E-state index in [-0.39, 0.29) is 17.5 Å². The van der Waals surface area contributed by atoms with Crippen molar-refractivity contribution in [2.24, 2.45) is 0 Å². The summed E-state index contributed by atoms with van der Waals surface area (Å²) >= 11 is 0. The molecule has 0 saturated carbocycles. The number of amides is 1. The van der Waals surface area contributed by atoms with Gasteiger partial charge in [-0.15, -0.1) is 0 Å². The van der Waals surface area contributed by atoms with Crippen LogP contribution in [-0.4, -0.2) is 39.9 Å². The summed E-state index contributed by atoms with van der Waals surface area (Å²) in [6, 6.07) is 9.35. The number of nitrogens with zero attached hydrogens (tertiary/aromatic N) is 2. The molecule has 1 saturated heterocycles. The third-order valence-corrected chi connectivity index (χ3v) is 4.56. The van der Waals surface area contributed by atoms with E-state index in [9.17, 15) is 9.59 Å². The lowest BCUT2D eigenvalue weighted by Crippen LogP contribution is -2.48. The van der Waals surface area contributed by atoms with Crippen molar-refractivity contribution in [1.29, 1.82) is 0 Å². The topological polar surface area (TPSA) is 90.1 Å². The first-order valence-corrected chi connectivity index (χ1v) is 8.17. The molecule has 2 aromatic rings. The molecule has 0 radical (unpaired) electrons. The molecule has 0 bridgehead atoms. The van der Waals surface area contributed by atoms with E-state index in [1.807, 2.05) is 30.3 Å². The summed E-state index contributed by atoms with van der Waals surface area (Å²) in [5, 5.41) is 0. The minimum atomic E-state index is -0.192. The van der Waals surface area contributed by atoms with E-state index in [4.69, 9.17) is 0 Å². The molecule has 1 amide bonds. The molecule has 0 aliphatic carbocycles. The van der Waals surface area contributed by atoms with E-state index >= 15 is 0 Å². The number of fused-ring (bicyclic) bond motifs is 1. The third kappa shape index (κ3) is 2.72. The standard InChI is InChI=1S/C17H19N5O2/c23-16-12-7-9-22(17(24)13-6-8-18-21-13)10-14(12)19-15(20-16)11-4-2-1-3-5-11/h1-5,13,18,21H,6-10H2,(H,19,20,23). The average molecular weight is 325 g/mol. The summed E-state index contributed by atoms with van der Waals surface area (Å²) in [6.07, 6.45) is 1.32. The fourth-order valence-electron chi connectivity index (χ4n) is 3.25. The quantitative estimate of drug-likeness (QED) is 0.733. The first-order valence-electron chi connectivity index (χ1n) is 8.17. The zero-order valence-corrected chi connectivity index (χ0v) is 13.2. The highest BCUT2D eigenvalue weighted by molar-refractivity contribution is 5.82. The number of aromatic amines is 1. The number of H-pyrrole nitrogens is 1. The summed E-state index contributed by atoms with van der Waals surface area (Å²) in [5.74, 6) is 0.614. The summed E-state index contributed by atoms with van der Waals surface area (Å²) < 4.78 is 0. The van der Waals surface area contributed by atoms with Crippen molar-refractivity contribution < 1.29 is 4.79 Å². The molecule has 1 aromatic heterocycles. The maximum absolute atomic E-state index is 12.6.